The van der Waals surface area contributed by atoms with Crippen LogP contribution in [0.25, 0.3) is 0 Å². The molecule has 0 aliphatic heterocycles. The van der Waals surface area contributed by atoms with Crippen molar-refractivity contribution in [3.8, 4) is 0 Å². The lowest BCUT2D eigenvalue weighted by Gasteiger charge is -2.09. The molecule has 0 radical (unpaired) electrons. The summed E-state index contributed by atoms with van der Waals surface area (Å²) in [5.74, 6) is 4.95. The second-order valence-electron chi connectivity index (χ2n) is 4.11. The van der Waals surface area contributed by atoms with Gasteiger partial charge in [-0.15, -0.1) is 0 Å². The molecule has 0 saturated carbocycles. The molecule has 0 unspecified atom stereocenters. The van der Waals surface area contributed by atoms with Gasteiger partial charge in [0, 0.05) is 0 Å². The van der Waals surface area contributed by atoms with E-state index < -0.39 is 10.7 Å². The highest BCUT2D eigenvalue weighted by Crippen LogP contribution is 2.25. The molecule has 0 aliphatic carbocycles. The van der Waals surface area contributed by atoms with Gasteiger partial charge in [-0.1, -0.05) is 6.07 Å². The average Bonchev–Trinajstić information content (AvgIpc) is 2.42. The second kappa shape index (κ2) is 5.49. The van der Waals surface area contributed by atoms with E-state index in [4.69, 9.17) is 5.84 Å². The Kier molecular flexibility index (Phi) is 3.76. The first-order valence-electron chi connectivity index (χ1n) is 5.66. The Bertz CT molecular complexity index is 662. The van der Waals surface area contributed by atoms with Crippen LogP contribution in [-0.2, 0) is 0 Å². The van der Waals surface area contributed by atoms with Gasteiger partial charge in [-0.25, -0.2) is 15.2 Å². The number of anilines is 3. The quantitative estimate of drug-likeness (QED) is 0.450. The summed E-state index contributed by atoms with van der Waals surface area (Å²) in [7, 11) is 0. The van der Waals surface area contributed by atoms with Crippen LogP contribution < -0.4 is 16.6 Å². The van der Waals surface area contributed by atoms with Gasteiger partial charge in [0.25, 0.3) is 5.69 Å². The van der Waals surface area contributed by atoms with Crippen molar-refractivity contribution in [1.29, 1.82) is 0 Å². The monoisotopic (exact) mass is 277 g/mol. The van der Waals surface area contributed by atoms with E-state index in [1.807, 2.05) is 0 Å². The van der Waals surface area contributed by atoms with Crippen molar-refractivity contribution < 1.29 is 9.31 Å². The minimum absolute atomic E-state index is 0.106. The van der Waals surface area contributed by atoms with Crippen LogP contribution in [-0.4, -0.2) is 9.91 Å². The Morgan fingerprint density at radius 2 is 2.00 bits per heavy atom. The van der Waals surface area contributed by atoms with Crippen molar-refractivity contribution in [3.63, 3.8) is 0 Å². The molecule has 1 aromatic heterocycles. The minimum atomic E-state index is -0.583. The SMILES string of the molecule is Cc1ccc(F)c(Nc2cc([N+](=O)[O-])cc(NN)n2)c1. The van der Waals surface area contributed by atoms with Gasteiger partial charge in [-0.2, -0.15) is 0 Å². The first kappa shape index (κ1) is 13.7. The van der Waals surface area contributed by atoms with E-state index in [0.717, 1.165) is 5.56 Å². The number of nitrogens with one attached hydrogen (secondary N) is 2. The molecule has 0 amide bonds. The number of hydrazine groups is 1. The summed E-state index contributed by atoms with van der Waals surface area (Å²) >= 11 is 0. The molecule has 0 atom stereocenters. The summed E-state index contributed by atoms with van der Waals surface area (Å²) in [5, 5.41) is 13.5. The number of nitrogen functional groups attached to an aromatic ring is 1. The molecule has 2 rings (SSSR count). The molecule has 1 aromatic carbocycles. The number of pyridine rings is 1. The van der Waals surface area contributed by atoms with Gasteiger partial charge >= 0.3 is 0 Å². The maximum absolute atomic E-state index is 13.6. The topological polar surface area (TPSA) is 106 Å². The number of aryl methyl sites for hydroxylation is 1. The molecule has 0 bridgehead atoms. The van der Waals surface area contributed by atoms with E-state index in [1.54, 1.807) is 19.1 Å². The Morgan fingerprint density at radius 3 is 2.65 bits per heavy atom. The maximum Gasteiger partial charge on any atom is 0.276 e. The molecule has 20 heavy (non-hydrogen) atoms. The fourth-order valence-electron chi connectivity index (χ4n) is 1.63. The lowest BCUT2D eigenvalue weighted by Crippen LogP contribution is -2.10. The fourth-order valence-corrected chi connectivity index (χ4v) is 1.63. The number of nitro groups is 1. The first-order valence-corrected chi connectivity index (χ1v) is 5.66. The fraction of sp³-hybridized carbons (Fsp3) is 0.0833. The van der Waals surface area contributed by atoms with Crippen LogP contribution in [0.2, 0.25) is 0 Å². The maximum atomic E-state index is 13.6. The Hall–Kier alpha value is -2.74. The summed E-state index contributed by atoms with van der Waals surface area (Å²) < 4.78 is 13.6. The standard InChI is InChI=1S/C12H12FN5O2/c1-7-2-3-9(13)10(4-7)15-11-5-8(18(19)20)6-12(16-11)17-14/h2-6H,14H2,1H3,(H2,15,16,17). The van der Waals surface area contributed by atoms with Crippen molar-refractivity contribution in [2.24, 2.45) is 5.84 Å². The molecule has 4 N–H and O–H groups in total. The molecule has 0 saturated heterocycles. The molecule has 2 aromatic rings. The third kappa shape index (κ3) is 2.98. The smallest absolute Gasteiger partial charge is 0.276 e. The van der Waals surface area contributed by atoms with Gasteiger partial charge in [-0.3, -0.25) is 10.1 Å². The number of aromatic nitrogens is 1. The molecule has 0 aliphatic rings. The van der Waals surface area contributed by atoms with E-state index in [-0.39, 0.29) is 23.0 Å². The Labute approximate surface area is 113 Å². The number of hydrogen-bond donors (Lipinski definition) is 3. The van der Waals surface area contributed by atoms with E-state index in [0.29, 0.717) is 0 Å². The minimum Gasteiger partial charge on any atom is -0.338 e. The van der Waals surface area contributed by atoms with Crippen LogP contribution in [0.5, 0.6) is 0 Å². The van der Waals surface area contributed by atoms with Gasteiger partial charge in [0.15, 0.2) is 0 Å². The molecule has 104 valence electrons. The van der Waals surface area contributed by atoms with E-state index in [2.05, 4.69) is 15.7 Å². The summed E-state index contributed by atoms with van der Waals surface area (Å²) in [6.07, 6.45) is 0. The number of halogens is 1. The zero-order valence-corrected chi connectivity index (χ0v) is 10.6. The second-order valence-corrected chi connectivity index (χ2v) is 4.11. The molecule has 8 heteroatoms. The highest BCUT2D eigenvalue weighted by atomic mass is 19.1. The molecular weight excluding hydrogens is 265 g/mol. The number of benzene rings is 1. The number of rotatable bonds is 4. The van der Waals surface area contributed by atoms with E-state index >= 15 is 0 Å². The number of nitrogens with zero attached hydrogens (tertiary/aromatic N) is 2. The molecule has 1 heterocycles. The van der Waals surface area contributed by atoms with Crippen molar-refractivity contribution in [3.05, 3.63) is 51.8 Å². The van der Waals surface area contributed by atoms with Crippen molar-refractivity contribution in [2.45, 2.75) is 6.92 Å². The molecule has 0 spiro atoms. The highest BCUT2D eigenvalue weighted by Gasteiger charge is 2.12. The van der Waals surface area contributed by atoms with Crippen LogP contribution in [0.3, 0.4) is 0 Å². The van der Waals surface area contributed by atoms with Gasteiger partial charge in [-0.05, 0) is 24.6 Å². The zero-order valence-electron chi connectivity index (χ0n) is 10.6. The van der Waals surface area contributed by atoms with Crippen LogP contribution in [0.4, 0.5) is 27.4 Å². The molecule has 7 nitrogen and oxygen atoms in total. The molecule has 0 fully saturated rings. The normalized spacial score (nSPS) is 10.2. The zero-order chi connectivity index (χ0) is 14.7. The van der Waals surface area contributed by atoms with Crippen LogP contribution in [0, 0.1) is 22.9 Å². The number of nitrogens with two attached hydrogens (primary N) is 1. The predicted octanol–water partition coefficient (Wildman–Crippen LogP) is 2.47. The summed E-state index contributed by atoms with van der Waals surface area (Å²) in [4.78, 5) is 14.2. The average molecular weight is 277 g/mol. The summed E-state index contributed by atoms with van der Waals surface area (Å²) in [6.45, 7) is 1.80. The lowest BCUT2D eigenvalue weighted by atomic mass is 10.2. The third-order valence-electron chi connectivity index (χ3n) is 2.55. The Balaban J connectivity index is 2.39. The van der Waals surface area contributed by atoms with E-state index in [1.165, 1.54) is 18.2 Å². The summed E-state index contributed by atoms with van der Waals surface area (Å²) in [5.41, 5.74) is 3.05. The lowest BCUT2D eigenvalue weighted by molar-refractivity contribution is -0.384. The van der Waals surface area contributed by atoms with Crippen LogP contribution in [0.1, 0.15) is 5.56 Å². The highest BCUT2D eigenvalue weighted by molar-refractivity contribution is 5.63. The van der Waals surface area contributed by atoms with Crippen molar-refractivity contribution in [2.75, 3.05) is 10.7 Å². The van der Waals surface area contributed by atoms with Crippen molar-refractivity contribution >= 4 is 23.0 Å². The van der Waals surface area contributed by atoms with Gasteiger partial charge in [0.1, 0.15) is 17.5 Å². The van der Waals surface area contributed by atoms with Gasteiger partial charge in [0.2, 0.25) is 0 Å². The largest absolute Gasteiger partial charge is 0.338 e. The van der Waals surface area contributed by atoms with Crippen LogP contribution >= 0.6 is 0 Å². The van der Waals surface area contributed by atoms with Crippen LogP contribution in [0.15, 0.2) is 30.3 Å². The van der Waals surface area contributed by atoms with Gasteiger partial charge < -0.3 is 10.7 Å². The number of hydrogen-bond acceptors (Lipinski definition) is 6. The summed E-state index contributed by atoms with van der Waals surface area (Å²) in [6, 6.07) is 6.87. The van der Waals surface area contributed by atoms with Gasteiger partial charge in [0.05, 0.1) is 22.7 Å². The van der Waals surface area contributed by atoms with Crippen molar-refractivity contribution in [1.82, 2.24) is 4.98 Å². The first-order chi connectivity index (χ1) is 9.49. The predicted molar refractivity (Wildman–Crippen MR) is 73.1 cm³/mol. The van der Waals surface area contributed by atoms with E-state index in [9.17, 15) is 14.5 Å². The Morgan fingerprint density at radius 1 is 1.30 bits per heavy atom. The third-order valence-corrected chi connectivity index (χ3v) is 2.55. The molecular formula is C12H12FN5O2.